The summed E-state index contributed by atoms with van der Waals surface area (Å²) in [5, 5.41) is 11.1. The summed E-state index contributed by atoms with van der Waals surface area (Å²) in [7, 11) is -2.66. The van der Waals surface area contributed by atoms with Gasteiger partial charge in [-0.25, -0.2) is 0 Å². The van der Waals surface area contributed by atoms with Gasteiger partial charge in [-0.05, 0) is 97.2 Å². The first-order valence-corrected chi connectivity index (χ1v) is 23.8. The van der Waals surface area contributed by atoms with Crippen LogP contribution in [0.25, 0.3) is 42.1 Å². The Balaban J connectivity index is 1.09. The summed E-state index contributed by atoms with van der Waals surface area (Å²) in [6, 6.07) is 75.1. The standard InChI is InChI=1S/C52H33NS3Si/c1-2-15-38-34(13-1)14-11-17-39(38)35-27-29-36(30-28-35)53(42-19-12-18-41-40-16-3-4-20-43(40)56-52(41)42)37-31-32-51-47(33-37)55-46-23-7-10-26-50(46)57(51)48-24-8-5-21-44(48)54-45-22-6-9-25-49(45)57/h1-33H. The smallest absolute Gasteiger partial charge is 0.184 e. The summed E-state index contributed by atoms with van der Waals surface area (Å²) in [6.07, 6.45) is 0. The molecule has 1 spiro atoms. The summed E-state index contributed by atoms with van der Waals surface area (Å²) >= 11 is 5.75. The zero-order valence-corrected chi connectivity index (χ0v) is 34.2. The van der Waals surface area contributed by atoms with Crippen LogP contribution in [0.5, 0.6) is 0 Å². The summed E-state index contributed by atoms with van der Waals surface area (Å²) < 4.78 is 2.61. The number of hydrogen-bond donors (Lipinski definition) is 0. The molecule has 0 saturated carbocycles. The molecule has 0 radical (unpaired) electrons. The third kappa shape index (κ3) is 5.03. The first-order chi connectivity index (χ1) is 28.3. The summed E-state index contributed by atoms with van der Waals surface area (Å²) in [6.45, 7) is 0. The number of fused-ring (bicyclic) bond motifs is 12. The number of benzene rings is 9. The molecule has 0 unspecified atom stereocenters. The van der Waals surface area contributed by atoms with Gasteiger partial charge in [0.15, 0.2) is 8.07 Å². The van der Waals surface area contributed by atoms with Crippen molar-refractivity contribution >= 4 is 112 Å². The van der Waals surface area contributed by atoms with Crippen molar-refractivity contribution in [2.24, 2.45) is 0 Å². The zero-order valence-electron chi connectivity index (χ0n) is 30.7. The van der Waals surface area contributed by atoms with E-state index in [1.165, 1.54) is 93.8 Å². The van der Waals surface area contributed by atoms with E-state index in [0.29, 0.717) is 0 Å². The quantitative estimate of drug-likeness (QED) is 0.163. The number of anilines is 3. The lowest BCUT2D eigenvalue weighted by atomic mass is 9.98. The van der Waals surface area contributed by atoms with Crippen LogP contribution >= 0.6 is 34.9 Å². The second-order valence-corrected chi connectivity index (χ2v) is 21.7. The number of nitrogens with zero attached hydrogens (tertiary/aromatic N) is 1. The number of thiophene rings is 1. The molecule has 0 saturated heterocycles. The molecule has 0 amide bonds. The highest BCUT2D eigenvalue weighted by molar-refractivity contribution is 8.01. The van der Waals surface area contributed by atoms with E-state index >= 15 is 0 Å². The van der Waals surface area contributed by atoms with Crippen LogP contribution < -0.4 is 25.6 Å². The first kappa shape index (κ1) is 33.3. The molecular formula is C52H33NS3Si. The van der Waals surface area contributed by atoms with Crippen molar-refractivity contribution < 1.29 is 0 Å². The van der Waals surface area contributed by atoms with Gasteiger partial charge in [0, 0.05) is 46.4 Å². The highest BCUT2D eigenvalue weighted by Crippen LogP contribution is 2.47. The molecule has 57 heavy (non-hydrogen) atoms. The zero-order chi connectivity index (χ0) is 37.5. The summed E-state index contributed by atoms with van der Waals surface area (Å²) in [5.41, 5.74) is 5.97. The average molecular weight is 796 g/mol. The Labute approximate surface area is 345 Å². The molecular weight excluding hydrogens is 763 g/mol. The fraction of sp³-hybridized carbons (Fsp3) is 0. The van der Waals surface area contributed by atoms with E-state index in [-0.39, 0.29) is 0 Å². The van der Waals surface area contributed by atoms with Crippen molar-refractivity contribution in [2.75, 3.05) is 4.90 Å². The molecule has 9 aromatic carbocycles. The van der Waals surface area contributed by atoms with E-state index in [9.17, 15) is 0 Å². The fourth-order valence-electron chi connectivity index (χ4n) is 9.35. The topological polar surface area (TPSA) is 3.24 Å². The lowest BCUT2D eigenvalue weighted by molar-refractivity contribution is 1.28. The van der Waals surface area contributed by atoms with Crippen molar-refractivity contribution in [1.29, 1.82) is 0 Å². The maximum Gasteiger partial charge on any atom is 0.184 e. The molecule has 268 valence electrons. The second kappa shape index (κ2) is 13.1. The van der Waals surface area contributed by atoms with Gasteiger partial charge >= 0.3 is 0 Å². The minimum atomic E-state index is -2.66. The molecule has 0 atom stereocenters. The lowest BCUT2D eigenvalue weighted by Crippen LogP contribution is -2.78. The van der Waals surface area contributed by atoms with Crippen LogP contribution in [0.4, 0.5) is 17.1 Å². The lowest BCUT2D eigenvalue weighted by Gasteiger charge is -2.44. The predicted octanol–water partition coefficient (Wildman–Crippen LogP) is 12.7. The normalized spacial score (nSPS) is 13.6. The van der Waals surface area contributed by atoms with Crippen LogP contribution in [0.15, 0.2) is 220 Å². The molecule has 0 bridgehead atoms. The van der Waals surface area contributed by atoms with Gasteiger partial charge in [-0.2, -0.15) is 0 Å². The minimum absolute atomic E-state index is 1.14. The van der Waals surface area contributed by atoms with E-state index in [4.69, 9.17) is 0 Å². The average Bonchev–Trinajstić information content (AvgIpc) is 3.66. The van der Waals surface area contributed by atoms with Crippen LogP contribution in [-0.4, -0.2) is 8.07 Å². The first-order valence-electron chi connectivity index (χ1n) is 19.3. The SMILES string of the molecule is c1ccc2c(c1)Sc1ccccc1[Si]21c2ccccc2Sc2cc(N(c3ccc(-c4cccc5ccccc45)cc3)c3cccc4c3sc3ccccc34)ccc21. The predicted molar refractivity (Wildman–Crippen MR) is 249 cm³/mol. The number of hydrogen-bond acceptors (Lipinski definition) is 4. The molecule has 12 rings (SSSR count). The van der Waals surface area contributed by atoms with Crippen molar-refractivity contribution in [1.82, 2.24) is 0 Å². The third-order valence-electron chi connectivity index (χ3n) is 11.8. The molecule has 0 N–H and O–H groups in total. The van der Waals surface area contributed by atoms with E-state index < -0.39 is 8.07 Å². The Morgan fingerprint density at radius 3 is 1.67 bits per heavy atom. The van der Waals surface area contributed by atoms with Crippen LogP contribution in [0, 0.1) is 0 Å². The maximum absolute atomic E-state index is 2.66. The summed E-state index contributed by atoms with van der Waals surface area (Å²) in [4.78, 5) is 7.96. The van der Waals surface area contributed by atoms with E-state index in [1.807, 2.05) is 34.9 Å². The monoisotopic (exact) mass is 795 g/mol. The summed E-state index contributed by atoms with van der Waals surface area (Å²) in [5.74, 6) is 0. The van der Waals surface area contributed by atoms with Crippen LogP contribution in [-0.2, 0) is 0 Å². The molecule has 3 heterocycles. The van der Waals surface area contributed by atoms with Gasteiger partial charge in [-0.3, -0.25) is 0 Å². The van der Waals surface area contributed by atoms with Crippen molar-refractivity contribution in [3.63, 3.8) is 0 Å². The Kier molecular flexibility index (Phi) is 7.67. The van der Waals surface area contributed by atoms with E-state index in [1.54, 1.807) is 0 Å². The van der Waals surface area contributed by atoms with Crippen molar-refractivity contribution in [2.45, 2.75) is 19.6 Å². The van der Waals surface area contributed by atoms with Gasteiger partial charge < -0.3 is 4.90 Å². The van der Waals surface area contributed by atoms with Gasteiger partial charge in [-0.1, -0.05) is 169 Å². The fourth-order valence-corrected chi connectivity index (χ4v) is 19.7. The highest BCUT2D eigenvalue weighted by Gasteiger charge is 2.51. The van der Waals surface area contributed by atoms with Crippen LogP contribution in [0.3, 0.4) is 0 Å². The molecule has 5 heteroatoms. The third-order valence-corrected chi connectivity index (χ3v) is 21.0. The molecule has 1 nitrogen and oxygen atoms in total. The molecule has 0 fully saturated rings. The van der Waals surface area contributed by atoms with Gasteiger partial charge in [0.2, 0.25) is 0 Å². The van der Waals surface area contributed by atoms with Crippen LogP contribution in [0.1, 0.15) is 0 Å². The minimum Gasteiger partial charge on any atom is -0.309 e. The molecule has 2 aliphatic rings. The number of rotatable bonds is 4. The maximum atomic E-state index is 2.50. The Morgan fingerprint density at radius 1 is 0.386 bits per heavy atom. The van der Waals surface area contributed by atoms with Crippen molar-refractivity contribution in [3.8, 4) is 11.1 Å². The molecule has 10 aromatic rings. The molecule has 1 aromatic heterocycles. The van der Waals surface area contributed by atoms with Crippen molar-refractivity contribution in [3.05, 3.63) is 200 Å². The Hall–Kier alpha value is -5.82. The van der Waals surface area contributed by atoms with E-state index in [2.05, 4.69) is 205 Å². The molecule has 0 aliphatic carbocycles. The van der Waals surface area contributed by atoms with Gasteiger partial charge in [0.25, 0.3) is 0 Å². The second-order valence-electron chi connectivity index (χ2n) is 14.8. The van der Waals surface area contributed by atoms with E-state index in [0.717, 1.165) is 5.69 Å². The van der Waals surface area contributed by atoms with Gasteiger partial charge in [0.05, 0.1) is 10.4 Å². The molecule has 2 aliphatic heterocycles. The van der Waals surface area contributed by atoms with Gasteiger partial charge in [0.1, 0.15) is 0 Å². The Morgan fingerprint density at radius 2 is 0.930 bits per heavy atom. The van der Waals surface area contributed by atoms with Crippen LogP contribution in [0.2, 0.25) is 0 Å². The largest absolute Gasteiger partial charge is 0.309 e. The Bertz CT molecular complexity index is 3150. The van der Waals surface area contributed by atoms with Gasteiger partial charge in [-0.15, -0.1) is 11.3 Å². The highest BCUT2D eigenvalue weighted by atomic mass is 32.2.